The van der Waals surface area contributed by atoms with Crippen LogP contribution in [0.1, 0.15) is 36.7 Å². The molecule has 0 fully saturated rings. The maximum atomic E-state index is 12.2. The molecule has 0 aliphatic carbocycles. The fourth-order valence-corrected chi connectivity index (χ4v) is 2.23. The van der Waals surface area contributed by atoms with Gasteiger partial charge in [0.15, 0.2) is 5.58 Å². The van der Waals surface area contributed by atoms with E-state index < -0.39 is 0 Å². The monoisotopic (exact) mass is 278 g/mol. The number of nitrogens with zero attached hydrogens (tertiary/aromatic N) is 1. The minimum Gasteiger partial charge on any atom is -0.463 e. The van der Waals surface area contributed by atoms with Crippen LogP contribution in [0, 0.1) is 0 Å². The fourth-order valence-electron chi connectivity index (χ4n) is 2.23. The van der Waals surface area contributed by atoms with Gasteiger partial charge in [-0.25, -0.2) is 0 Å². The van der Waals surface area contributed by atoms with Crippen LogP contribution in [0.5, 0.6) is 0 Å². The van der Waals surface area contributed by atoms with Crippen molar-refractivity contribution in [2.24, 2.45) is 0 Å². The molecule has 0 unspecified atom stereocenters. The minimum absolute atomic E-state index is 0.0522. The Labute approximate surface area is 118 Å². The highest BCUT2D eigenvalue weighted by atomic mass is 16.5. The lowest BCUT2D eigenvalue weighted by molar-refractivity contribution is 0.0939. The van der Waals surface area contributed by atoms with Gasteiger partial charge in [-0.2, -0.15) is 0 Å². The fraction of sp³-hybridized carbons (Fsp3) is 0.533. The molecule has 0 aliphatic heterocycles. The Morgan fingerprint density at radius 2 is 2.30 bits per heavy atom. The van der Waals surface area contributed by atoms with Crippen LogP contribution >= 0.6 is 0 Å². The van der Waals surface area contributed by atoms with Crippen LogP contribution in [-0.4, -0.2) is 30.7 Å². The highest BCUT2D eigenvalue weighted by Gasteiger charge is 2.16. The van der Waals surface area contributed by atoms with Crippen LogP contribution in [0.4, 0.5) is 0 Å². The highest BCUT2D eigenvalue weighted by Crippen LogP contribution is 2.21. The van der Waals surface area contributed by atoms with E-state index in [1.165, 1.54) is 0 Å². The molecular weight excluding hydrogens is 256 g/mol. The Hall–Kier alpha value is -1.75. The van der Waals surface area contributed by atoms with Crippen LogP contribution in [-0.2, 0) is 11.3 Å². The summed E-state index contributed by atoms with van der Waals surface area (Å²) in [5.74, 6) is -0.0522. The lowest BCUT2D eigenvalue weighted by Crippen LogP contribution is -2.27. The zero-order chi connectivity index (χ0) is 14.4. The van der Waals surface area contributed by atoms with E-state index in [9.17, 15) is 4.79 Å². The number of carbonyl (C=O) groups is 1. The van der Waals surface area contributed by atoms with Crippen molar-refractivity contribution in [3.8, 4) is 0 Å². The first-order chi connectivity index (χ1) is 9.77. The summed E-state index contributed by atoms with van der Waals surface area (Å²) in [7, 11) is 1.66. The molecule has 0 saturated carbocycles. The van der Waals surface area contributed by atoms with E-state index in [0.29, 0.717) is 18.8 Å². The first-order valence-electron chi connectivity index (χ1n) is 7.11. The Morgan fingerprint density at radius 3 is 3.05 bits per heavy atom. The van der Waals surface area contributed by atoms with Gasteiger partial charge in [-0.1, -0.05) is 13.3 Å². The van der Waals surface area contributed by atoms with Crippen molar-refractivity contribution in [2.75, 3.05) is 20.3 Å². The second-order valence-electron chi connectivity index (χ2n) is 4.81. The average molecular weight is 278 g/mol. The molecule has 110 valence electrons. The van der Waals surface area contributed by atoms with Crippen LogP contribution in [0.2, 0.25) is 0 Å². The molecule has 0 spiro atoms. The van der Waals surface area contributed by atoms with Crippen molar-refractivity contribution in [3.05, 3.63) is 24.1 Å². The molecule has 0 atom stereocenters. The van der Waals surface area contributed by atoms with E-state index in [1.807, 2.05) is 16.7 Å². The number of hydrogen-bond donors (Lipinski definition) is 1. The van der Waals surface area contributed by atoms with E-state index >= 15 is 0 Å². The maximum Gasteiger partial charge on any atom is 0.268 e. The smallest absolute Gasteiger partial charge is 0.268 e. The SMILES string of the molecule is CCCCn1c(C(=O)NCCCOC)cc2occc21. The topological polar surface area (TPSA) is 56.4 Å². The number of nitrogens with one attached hydrogen (secondary N) is 1. The Balaban J connectivity index is 2.10. The highest BCUT2D eigenvalue weighted by molar-refractivity contribution is 5.97. The molecule has 0 aromatic carbocycles. The molecule has 20 heavy (non-hydrogen) atoms. The summed E-state index contributed by atoms with van der Waals surface area (Å²) in [4.78, 5) is 12.2. The van der Waals surface area contributed by atoms with E-state index in [0.717, 1.165) is 36.9 Å². The number of carbonyl (C=O) groups excluding carboxylic acids is 1. The molecule has 1 N–H and O–H groups in total. The summed E-state index contributed by atoms with van der Waals surface area (Å²) in [5, 5.41) is 2.92. The number of rotatable bonds is 8. The average Bonchev–Trinajstić information content (AvgIpc) is 3.02. The summed E-state index contributed by atoms with van der Waals surface area (Å²) in [5.41, 5.74) is 2.42. The first-order valence-corrected chi connectivity index (χ1v) is 7.11. The first kappa shape index (κ1) is 14.7. The molecule has 0 saturated heterocycles. The van der Waals surface area contributed by atoms with Gasteiger partial charge in [0.1, 0.15) is 5.69 Å². The van der Waals surface area contributed by atoms with Crippen molar-refractivity contribution >= 4 is 17.0 Å². The number of unbranched alkanes of at least 4 members (excludes halogenated alkanes) is 1. The number of furan rings is 1. The molecule has 2 aromatic heterocycles. The summed E-state index contributed by atoms with van der Waals surface area (Å²) in [6, 6.07) is 3.73. The summed E-state index contributed by atoms with van der Waals surface area (Å²) in [6.45, 7) is 4.24. The largest absolute Gasteiger partial charge is 0.463 e. The van der Waals surface area contributed by atoms with Gasteiger partial charge in [0.05, 0.1) is 11.8 Å². The number of aryl methyl sites for hydroxylation is 1. The number of fused-ring (bicyclic) bond motifs is 1. The summed E-state index contributed by atoms with van der Waals surface area (Å²) < 4.78 is 12.4. The maximum absolute atomic E-state index is 12.2. The molecule has 2 heterocycles. The molecule has 2 rings (SSSR count). The second kappa shape index (κ2) is 7.14. The second-order valence-corrected chi connectivity index (χ2v) is 4.81. The van der Waals surface area contributed by atoms with Crippen molar-refractivity contribution in [1.82, 2.24) is 9.88 Å². The van der Waals surface area contributed by atoms with Crippen molar-refractivity contribution in [3.63, 3.8) is 0 Å². The van der Waals surface area contributed by atoms with E-state index in [2.05, 4.69) is 12.2 Å². The van der Waals surface area contributed by atoms with Gasteiger partial charge in [0, 0.05) is 38.9 Å². The van der Waals surface area contributed by atoms with Crippen molar-refractivity contribution in [1.29, 1.82) is 0 Å². The number of hydrogen-bond acceptors (Lipinski definition) is 3. The van der Waals surface area contributed by atoms with E-state index in [-0.39, 0.29) is 5.91 Å². The number of aromatic nitrogens is 1. The van der Waals surface area contributed by atoms with Gasteiger partial charge in [0.2, 0.25) is 0 Å². The van der Waals surface area contributed by atoms with Crippen LogP contribution in [0.15, 0.2) is 22.8 Å². The Kier molecular flexibility index (Phi) is 5.24. The third kappa shape index (κ3) is 3.22. The third-order valence-electron chi connectivity index (χ3n) is 3.30. The van der Waals surface area contributed by atoms with Crippen LogP contribution in [0.25, 0.3) is 11.1 Å². The lowest BCUT2D eigenvalue weighted by atomic mass is 10.3. The predicted octanol–water partition coefficient (Wildman–Crippen LogP) is 2.80. The third-order valence-corrected chi connectivity index (χ3v) is 3.30. The molecule has 0 aliphatic rings. The van der Waals surface area contributed by atoms with Gasteiger partial charge in [-0.05, 0) is 12.8 Å². The van der Waals surface area contributed by atoms with Crippen molar-refractivity contribution in [2.45, 2.75) is 32.7 Å². The standard InChI is InChI=1S/C15H22N2O3/c1-3-4-8-17-12-6-10-20-14(12)11-13(17)15(18)16-7-5-9-19-2/h6,10-11H,3-5,7-9H2,1-2H3,(H,16,18). The number of ether oxygens (including phenoxy) is 1. The number of methoxy groups -OCH3 is 1. The van der Waals surface area contributed by atoms with Gasteiger partial charge in [-0.15, -0.1) is 0 Å². The van der Waals surface area contributed by atoms with E-state index in [1.54, 1.807) is 13.4 Å². The molecule has 1 amide bonds. The van der Waals surface area contributed by atoms with Crippen LogP contribution < -0.4 is 5.32 Å². The molecular formula is C15H22N2O3. The minimum atomic E-state index is -0.0522. The van der Waals surface area contributed by atoms with Gasteiger partial charge in [0.25, 0.3) is 5.91 Å². The zero-order valence-corrected chi connectivity index (χ0v) is 12.1. The van der Waals surface area contributed by atoms with Gasteiger partial charge >= 0.3 is 0 Å². The quantitative estimate of drug-likeness (QED) is 0.755. The normalized spacial score (nSPS) is 11.1. The molecule has 5 nitrogen and oxygen atoms in total. The zero-order valence-electron chi connectivity index (χ0n) is 12.1. The molecule has 2 aromatic rings. The van der Waals surface area contributed by atoms with Gasteiger partial charge in [-0.3, -0.25) is 4.79 Å². The molecule has 0 bridgehead atoms. The number of amides is 1. The Morgan fingerprint density at radius 1 is 1.45 bits per heavy atom. The molecule has 5 heteroatoms. The predicted molar refractivity (Wildman–Crippen MR) is 77.9 cm³/mol. The molecule has 0 radical (unpaired) electrons. The van der Waals surface area contributed by atoms with Crippen LogP contribution in [0.3, 0.4) is 0 Å². The Bertz CT molecular complexity index is 556. The van der Waals surface area contributed by atoms with Gasteiger partial charge < -0.3 is 19.0 Å². The lowest BCUT2D eigenvalue weighted by Gasteiger charge is -2.09. The summed E-state index contributed by atoms with van der Waals surface area (Å²) in [6.07, 6.45) is 4.60. The summed E-state index contributed by atoms with van der Waals surface area (Å²) >= 11 is 0. The van der Waals surface area contributed by atoms with Crippen molar-refractivity contribution < 1.29 is 13.9 Å². The van der Waals surface area contributed by atoms with E-state index in [4.69, 9.17) is 9.15 Å².